The number of rotatable bonds is 5. The molecule has 1 aromatic rings. The maximum absolute atomic E-state index is 12.9. The fourth-order valence-electron chi connectivity index (χ4n) is 3.02. The molecule has 2 heterocycles. The number of aryl methyl sites for hydroxylation is 1. The molecule has 154 valence electrons. The van der Waals surface area contributed by atoms with Crippen molar-refractivity contribution in [3.05, 3.63) is 29.6 Å². The Kier molecular flexibility index (Phi) is 9.78. The first-order valence-electron chi connectivity index (χ1n) is 9.06. The SMILES string of the molecule is CCNC(=NCCc1ccncc1C)N1CCN(C(C)C(F)(F)F)CC1.I. The third-order valence-electron chi connectivity index (χ3n) is 4.75. The molecule has 0 bridgehead atoms. The van der Waals surface area contributed by atoms with E-state index >= 15 is 0 Å². The largest absolute Gasteiger partial charge is 0.403 e. The number of aromatic nitrogens is 1. The average Bonchev–Trinajstić information content (AvgIpc) is 2.61. The Morgan fingerprint density at radius 1 is 1.30 bits per heavy atom. The van der Waals surface area contributed by atoms with Crippen LogP contribution in [0.3, 0.4) is 0 Å². The van der Waals surface area contributed by atoms with Crippen LogP contribution in [0.15, 0.2) is 23.5 Å². The molecule has 1 unspecified atom stereocenters. The fourth-order valence-corrected chi connectivity index (χ4v) is 3.02. The maximum Gasteiger partial charge on any atom is 0.403 e. The van der Waals surface area contributed by atoms with E-state index < -0.39 is 12.2 Å². The van der Waals surface area contributed by atoms with E-state index in [1.54, 1.807) is 6.20 Å². The van der Waals surface area contributed by atoms with Crippen molar-refractivity contribution in [2.75, 3.05) is 39.3 Å². The summed E-state index contributed by atoms with van der Waals surface area (Å²) in [5.41, 5.74) is 2.35. The van der Waals surface area contributed by atoms with Crippen LogP contribution in [0, 0.1) is 6.92 Å². The van der Waals surface area contributed by atoms with Crippen molar-refractivity contribution in [3.63, 3.8) is 0 Å². The topological polar surface area (TPSA) is 43.8 Å². The van der Waals surface area contributed by atoms with Gasteiger partial charge in [0.1, 0.15) is 6.04 Å². The van der Waals surface area contributed by atoms with Gasteiger partial charge in [-0.05, 0) is 44.4 Å². The Balaban J connectivity index is 0.00000364. The molecule has 1 fully saturated rings. The summed E-state index contributed by atoms with van der Waals surface area (Å²) in [5, 5.41) is 3.25. The van der Waals surface area contributed by atoms with Gasteiger partial charge in [-0.15, -0.1) is 24.0 Å². The number of guanidine groups is 1. The highest BCUT2D eigenvalue weighted by Gasteiger charge is 2.41. The molecule has 1 aliphatic heterocycles. The summed E-state index contributed by atoms with van der Waals surface area (Å²) in [4.78, 5) is 12.3. The van der Waals surface area contributed by atoms with Gasteiger partial charge in [0.25, 0.3) is 0 Å². The van der Waals surface area contributed by atoms with Gasteiger partial charge in [0, 0.05) is 51.7 Å². The summed E-state index contributed by atoms with van der Waals surface area (Å²) in [6.45, 7) is 8.46. The minimum absolute atomic E-state index is 0. The normalized spacial score (nSPS) is 17.4. The van der Waals surface area contributed by atoms with Crippen LogP contribution in [0.25, 0.3) is 0 Å². The van der Waals surface area contributed by atoms with E-state index in [1.165, 1.54) is 17.4 Å². The van der Waals surface area contributed by atoms with Gasteiger partial charge in [0.2, 0.25) is 0 Å². The van der Waals surface area contributed by atoms with E-state index in [1.807, 2.05) is 31.0 Å². The van der Waals surface area contributed by atoms with Crippen molar-refractivity contribution in [2.45, 2.75) is 39.4 Å². The Morgan fingerprint density at radius 3 is 2.52 bits per heavy atom. The molecule has 1 aromatic heterocycles. The molecule has 27 heavy (non-hydrogen) atoms. The highest BCUT2D eigenvalue weighted by Crippen LogP contribution is 2.25. The molecule has 1 N–H and O–H groups in total. The van der Waals surface area contributed by atoms with E-state index in [0.717, 1.165) is 24.5 Å². The first kappa shape index (κ1) is 23.9. The molecule has 0 aliphatic carbocycles. The number of hydrogen-bond acceptors (Lipinski definition) is 3. The van der Waals surface area contributed by atoms with E-state index in [4.69, 9.17) is 0 Å². The van der Waals surface area contributed by atoms with Gasteiger partial charge in [0.15, 0.2) is 5.96 Å². The summed E-state index contributed by atoms with van der Waals surface area (Å²) in [7, 11) is 0. The summed E-state index contributed by atoms with van der Waals surface area (Å²) >= 11 is 0. The van der Waals surface area contributed by atoms with Crippen molar-refractivity contribution in [3.8, 4) is 0 Å². The number of pyridine rings is 1. The molecule has 5 nitrogen and oxygen atoms in total. The van der Waals surface area contributed by atoms with E-state index in [0.29, 0.717) is 32.7 Å². The van der Waals surface area contributed by atoms with E-state index in [2.05, 4.69) is 15.3 Å². The zero-order chi connectivity index (χ0) is 19.2. The lowest BCUT2D eigenvalue weighted by Crippen LogP contribution is -2.56. The van der Waals surface area contributed by atoms with Crippen LogP contribution in [-0.4, -0.2) is 72.2 Å². The van der Waals surface area contributed by atoms with E-state index in [-0.39, 0.29) is 24.0 Å². The van der Waals surface area contributed by atoms with Crippen LogP contribution in [0.1, 0.15) is 25.0 Å². The first-order valence-corrected chi connectivity index (χ1v) is 9.06. The van der Waals surface area contributed by atoms with Crippen molar-refractivity contribution in [2.24, 2.45) is 4.99 Å². The highest BCUT2D eigenvalue weighted by molar-refractivity contribution is 14.0. The molecule has 1 atom stereocenters. The Morgan fingerprint density at radius 2 is 1.96 bits per heavy atom. The first-order chi connectivity index (χ1) is 12.3. The second-order valence-corrected chi connectivity index (χ2v) is 6.53. The molecule has 1 aliphatic rings. The van der Waals surface area contributed by atoms with E-state index in [9.17, 15) is 13.2 Å². The number of halogens is 4. The standard InChI is InChI=1S/C18H28F3N5.HI/c1-4-23-17(24-8-6-16-5-7-22-13-14(16)2)26-11-9-25(10-12-26)15(3)18(19,20)21;/h5,7,13,15H,4,6,8-12H2,1-3H3,(H,23,24);1H. The fraction of sp³-hybridized carbons (Fsp3) is 0.667. The number of piperazine rings is 1. The van der Waals surface area contributed by atoms with Crippen LogP contribution in [0.4, 0.5) is 13.2 Å². The molecule has 0 amide bonds. The molecular formula is C18H29F3IN5. The Labute approximate surface area is 176 Å². The molecule has 9 heteroatoms. The van der Waals surface area contributed by atoms with Crippen molar-refractivity contribution in [1.82, 2.24) is 20.1 Å². The van der Waals surface area contributed by atoms with Crippen LogP contribution in [0.2, 0.25) is 0 Å². The molecular weight excluding hydrogens is 470 g/mol. The average molecular weight is 499 g/mol. The van der Waals surface area contributed by atoms with Gasteiger partial charge >= 0.3 is 6.18 Å². The predicted molar refractivity (Wildman–Crippen MR) is 113 cm³/mol. The number of alkyl halides is 3. The molecule has 1 saturated heterocycles. The van der Waals surface area contributed by atoms with Crippen LogP contribution in [-0.2, 0) is 6.42 Å². The third kappa shape index (κ3) is 7.10. The molecule has 0 radical (unpaired) electrons. The summed E-state index contributed by atoms with van der Waals surface area (Å²) < 4.78 is 38.6. The van der Waals surface area contributed by atoms with Crippen LogP contribution in [0.5, 0.6) is 0 Å². The highest BCUT2D eigenvalue weighted by atomic mass is 127. The summed E-state index contributed by atoms with van der Waals surface area (Å²) in [6.07, 6.45) is 0.251. The minimum atomic E-state index is -4.18. The monoisotopic (exact) mass is 499 g/mol. The van der Waals surface area contributed by atoms with Crippen LogP contribution >= 0.6 is 24.0 Å². The lowest BCUT2D eigenvalue weighted by atomic mass is 10.1. The van der Waals surface area contributed by atoms with Gasteiger partial charge in [-0.2, -0.15) is 13.2 Å². The number of nitrogens with one attached hydrogen (secondary N) is 1. The van der Waals surface area contributed by atoms with Gasteiger partial charge in [-0.25, -0.2) is 0 Å². The summed E-state index contributed by atoms with van der Waals surface area (Å²) in [6, 6.07) is 0.591. The molecule has 2 rings (SSSR count). The van der Waals surface area contributed by atoms with Crippen LogP contribution < -0.4 is 5.32 Å². The molecule has 0 saturated carbocycles. The van der Waals surface area contributed by atoms with Gasteiger partial charge in [-0.1, -0.05) is 0 Å². The molecule has 0 spiro atoms. The van der Waals surface area contributed by atoms with Crippen molar-refractivity contribution < 1.29 is 13.2 Å². The zero-order valence-electron chi connectivity index (χ0n) is 16.1. The zero-order valence-corrected chi connectivity index (χ0v) is 18.4. The second kappa shape index (κ2) is 11.0. The lowest BCUT2D eigenvalue weighted by molar-refractivity contribution is -0.181. The Bertz CT molecular complexity index is 601. The quantitative estimate of drug-likeness (QED) is 0.385. The second-order valence-electron chi connectivity index (χ2n) is 6.53. The number of nitrogens with zero attached hydrogens (tertiary/aromatic N) is 4. The van der Waals surface area contributed by atoms with Crippen molar-refractivity contribution in [1.29, 1.82) is 0 Å². The van der Waals surface area contributed by atoms with Crippen molar-refractivity contribution >= 4 is 29.9 Å². The summed E-state index contributed by atoms with van der Waals surface area (Å²) in [5.74, 6) is 0.776. The number of aliphatic imine (C=N–C) groups is 1. The van der Waals surface area contributed by atoms with Gasteiger partial charge in [-0.3, -0.25) is 14.9 Å². The number of hydrogen-bond donors (Lipinski definition) is 1. The van der Waals surface area contributed by atoms with Gasteiger partial charge < -0.3 is 10.2 Å². The minimum Gasteiger partial charge on any atom is -0.357 e. The predicted octanol–water partition coefficient (Wildman–Crippen LogP) is 3.08. The van der Waals surface area contributed by atoms with Gasteiger partial charge in [0.05, 0.1) is 0 Å². The Hall–Kier alpha value is -1.10. The molecule has 0 aromatic carbocycles. The third-order valence-corrected chi connectivity index (χ3v) is 4.75. The maximum atomic E-state index is 12.9. The lowest BCUT2D eigenvalue weighted by Gasteiger charge is -2.39. The smallest absolute Gasteiger partial charge is 0.357 e.